The monoisotopic (exact) mass is 369 g/mol. The number of pyridine rings is 1. The molecule has 0 radical (unpaired) electrons. The van der Waals surface area contributed by atoms with E-state index in [-0.39, 0.29) is 11.4 Å². The van der Waals surface area contributed by atoms with Crippen LogP contribution in [0, 0.1) is 24.1 Å². The van der Waals surface area contributed by atoms with E-state index in [0.717, 1.165) is 37.3 Å². The number of aromatic nitrogens is 4. The number of terminal acetylenes is 1. The molecule has 0 amide bonds. The molecule has 1 aliphatic rings. The number of nitrogens with zero attached hydrogens (tertiary/aromatic N) is 5. The molecule has 0 aromatic carbocycles. The molecule has 1 fully saturated rings. The number of rotatable bonds is 3. The molecule has 3 N–H and O–H groups in total. The highest BCUT2D eigenvalue weighted by molar-refractivity contribution is 7.22. The SMILES string of the molecule is C#CC1CCCN(c2nc3c(F)cnc(Nc4cc(N)ncn4)c3s2)C1. The molecule has 3 aromatic rings. The summed E-state index contributed by atoms with van der Waals surface area (Å²) in [6.07, 6.45) is 10.1. The third-order valence-corrected chi connectivity index (χ3v) is 5.35. The van der Waals surface area contributed by atoms with Crippen LogP contribution >= 0.6 is 11.3 Å². The molecule has 3 aromatic heterocycles. The van der Waals surface area contributed by atoms with Gasteiger partial charge < -0.3 is 16.0 Å². The second-order valence-electron chi connectivity index (χ2n) is 6.03. The number of thiazole rings is 1. The van der Waals surface area contributed by atoms with Crippen molar-refractivity contribution >= 4 is 44.1 Å². The van der Waals surface area contributed by atoms with Crippen molar-refractivity contribution in [3.05, 3.63) is 24.4 Å². The van der Waals surface area contributed by atoms with Crippen LogP contribution in [-0.4, -0.2) is 33.0 Å². The van der Waals surface area contributed by atoms with Gasteiger partial charge in [0.15, 0.2) is 16.8 Å². The molecule has 7 nitrogen and oxygen atoms in total. The smallest absolute Gasteiger partial charge is 0.186 e. The maximum Gasteiger partial charge on any atom is 0.186 e. The lowest BCUT2D eigenvalue weighted by molar-refractivity contribution is 0.497. The first kappa shape index (κ1) is 16.5. The van der Waals surface area contributed by atoms with Crippen molar-refractivity contribution in [2.45, 2.75) is 12.8 Å². The van der Waals surface area contributed by atoms with Crippen LogP contribution in [0.3, 0.4) is 0 Å². The molecule has 0 spiro atoms. The van der Waals surface area contributed by atoms with Crippen LogP contribution in [0.1, 0.15) is 12.8 Å². The summed E-state index contributed by atoms with van der Waals surface area (Å²) in [5.74, 6) is 3.84. The van der Waals surface area contributed by atoms with Gasteiger partial charge in [-0.05, 0) is 12.8 Å². The average molecular weight is 369 g/mol. The fourth-order valence-corrected chi connectivity index (χ4v) is 4.00. The van der Waals surface area contributed by atoms with E-state index in [9.17, 15) is 4.39 Å². The number of anilines is 4. The van der Waals surface area contributed by atoms with Crippen molar-refractivity contribution in [2.24, 2.45) is 5.92 Å². The summed E-state index contributed by atoms with van der Waals surface area (Å²) in [6.45, 7) is 1.59. The second kappa shape index (κ2) is 6.72. The minimum atomic E-state index is -0.458. The van der Waals surface area contributed by atoms with Crippen LogP contribution in [0.15, 0.2) is 18.6 Å². The van der Waals surface area contributed by atoms with E-state index in [0.29, 0.717) is 22.2 Å². The van der Waals surface area contributed by atoms with E-state index < -0.39 is 5.82 Å². The molecular formula is C17H16FN7S. The first-order chi connectivity index (χ1) is 12.6. The van der Waals surface area contributed by atoms with E-state index in [1.807, 2.05) is 0 Å². The third-order valence-electron chi connectivity index (χ3n) is 4.23. The largest absolute Gasteiger partial charge is 0.384 e. The van der Waals surface area contributed by atoms with Crippen LogP contribution in [0.25, 0.3) is 10.2 Å². The van der Waals surface area contributed by atoms with Crippen LogP contribution in [0.4, 0.5) is 27.0 Å². The molecule has 1 saturated heterocycles. The minimum absolute atomic E-state index is 0.195. The van der Waals surface area contributed by atoms with Crippen molar-refractivity contribution in [3.63, 3.8) is 0 Å². The standard InChI is InChI=1S/C17H16FN7S/c1-2-10-4-3-5-25(8-10)17-24-14-11(18)7-20-16(15(14)26-17)23-13-6-12(19)21-9-22-13/h1,6-7,9-10H,3-5,8H2,(H3,19,20,21,22,23). The van der Waals surface area contributed by atoms with Crippen molar-refractivity contribution in [2.75, 3.05) is 29.0 Å². The fourth-order valence-electron chi connectivity index (χ4n) is 2.95. The molecule has 1 unspecified atom stereocenters. The lowest BCUT2D eigenvalue weighted by atomic mass is 10.00. The Morgan fingerprint density at radius 1 is 1.38 bits per heavy atom. The van der Waals surface area contributed by atoms with Gasteiger partial charge in [-0.25, -0.2) is 24.3 Å². The Morgan fingerprint density at radius 2 is 2.27 bits per heavy atom. The molecule has 4 heterocycles. The van der Waals surface area contributed by atoms with E-state index in [4.69, 9.17) is 12.2 Å². The first-order valence-corrected chi connectivity index (χ1v) is 8.96. The fraction of sp³-hybridized carbons (Fsp3) is 0.294. The van der Waals surface area contributed by atoms with E-state index in [1.54, 1.807) is 6.07 Å². The number of fused-ring (bicyclic) bond motifs is 1. The van der Waals surface area contributed by atoms with Gasteiger partial charge >= 0.3 is 0 Å². The highest BCUT2D eigenvalue weighted by Crippen LogP contribution is 2.36. The number of nitrogens with one attached hydrogen (secondary N) is 1. The summed E-state index contributed by atoms with van der Waals surface area (Å²) < 4.78 is 14.9. The van der Waals surface area contributed by atoms with Crippen LogP contribution in [0.2, 0.25) is 0 Å². The summed E-state index contributed by atoms with van der Waals surface area (Å²) in [7, 11) is 0. The molecule has 1 aliphatic heterocycles. The molecule has 0 bridgehead atoms. The Labute approximate surface area is 153 Å². The normalized spacial score (nSPS) is 17.2. The quantitative estimate of drug-likeness (QED) is 0.686. The zero-order valence-electron chi connectivity index (χ0n) is 13.8. The van der Waals surface area contributed by atoms with Gasteiger partial charge in [-0.15, -0.1) is 12.3 Å². The van der Waals surface area contributed by atoms with E-state index >= 15 is 0 Å². The predicted octanol–water partition coefficient (Wildman–Crippen LogP) is 2.80. The Hall–Kier alpha value is -2.99. The summed E-state index contributed by atoms with van der Waals surface area (Å²) in [4.78, 5) is 18.7. The molecule has 0 aliphatic carbocycles. The summed E-state index contributed by atoms with van der Waals surface area (Å²) in [5, 5.41) is 3.81. The Kier molecular flexibility index (Phi) is 4.26. The molecule has 0 saturated carbocycles. The van der Waals surface area contributed by atoms with Gasteiger partial charge in [-0.3, -0.25) is 0 Å². The van der Waals surface area contributed by atoms with Crippen LogP contribution in [0.5, 0.6) is 0 Å². The number of nitrogen functional groups attached to an aromatic ring is 1. The second-order valence-corrected chi connectivity index (χ2v) is 7.01. The first-order valence-electron chi connectivity index (χ1n) is 8.14. The molecular weight excluding hydrogens is 353 g/mol. The maximum atomic E-state index is 14.2. The predicted molar refractivity (Wildman–Crippen MR) is 101 cm³/mol. The number of nitrogens with two attached hydrogens (primary N) is 1. The topological polar surface area (TPSA) is 92.9 Å². The number of halogens is 1. The van der Waals surface area contributed by atoms with Gasteiger partial charge in [0, 0.05) is 25.1 Å². The van der Waals surface area contributed by atoms with Crippen molar-refractivity contribution in [1.82, 2.24) is 19.9 Å². The van der Waals surface area contributed by atoms with Crippen molar-refractivity contribution < 1.29 is 4.39 Å². The van der Waals surface area contributed by atoms with Gasteiger partial charge in [0.25, 0.3) is 0 Å². The van der Waals surface area contributed by atoms with Crippen LogP contribution in [-0.2, 0) is 0 Å². The number of hydrogen-bond acceptors (Lipinski definition) is 8. The van der Waals surface area contributed by atoms with Gasteiger partial charge in [0.2, 0.25) is 0 Å². The Balaban J connectivity index is 1.70. The van der Waals surface area contributed by atoms with E-state index in [2.05, 4.69) is 36.1 Å². The minimum Gasteiger partial charge on any atom is -0.384 e. The highest BCUT2D eigenvalue weighted by Gasteiger charge is 2.23. The third kappa shape index (κ3) is 3.11. The van der Waals surface area contributed by atoms with Gasteiger partial charge in [-0.2, -0.15) is 0 Å². The summed E-state index contributed by atoms with van der Waals surface area (Å²) >= 11 is 1.39. The molecule has 1 atom stereocenters. The average Bonchev–Trinajstić information content (AvgIpc) is 3.11. The Morgan fingerprint density at radius 3 is 3.08 bits per heavy atom. The van der Waals surface area contributed by atoms with Gasteiger partial charge in [0.1, 0.15) is 28.2 Å². The molecule has 26 heavy (non-hydrogen) atoms. The zero-order chi connectivity index (χ0) is 18.1. The van der Waals surface area contributed by atoms with Crippen molar-refractivity contribution in [3.8, 4) is 12.3 Å². The van der Waals surface area contributed by atoms with Gasteiger partial charge in [-0.1, -0.05) is 11.3 Å². The lowest BCUT2D eigenvalue weighted by Crippen LogP contribution is -2.34. The van der Waals surface area contributed by atoms with Crippen LogP contribution < -0.4 is 16.0 Å². The molecule has 9 heteroatoms. The Bertz CT molecular complexity index is 996. The summed E-state index contributed by atoms with van der Waals surface area (Å²) in [5.41, 5.74) is 5.96. The zero-order valence-corrected chi connectivity index (χ0v) is 14.6. The maximum absolute atomic E-state index is 14.2. The molecule has 132 valence electrons. The number of hydrogen-bond donors (Lipinski definition) is 2. The summed E-state index contributed by atoms with van der Waals surface area (Å²) in [6, 6.07) is 1.58. The molecule has 4 rings (SSSR count). The van der Waals surface area contributed by atoms with E-state index in [1.165, 1.54) is 17.7 Å². The lowest BCUT2D eigenvalue weighted by Gasteiger charge is -2.29. The number of piperidine rings is 1. The van der Waals surface area contributed by atoms with Crippen molar-refractivity contribution in [1.29, 1.82) is 0 Å². The van der Waals surface area contributed by atoms with Gasteiger partial charge in [0.05, 0.1) is 6.20 Å². The highest BCUT2D eigenvalue weighted by atomic mass is 32.1.